The number of benzene rings is 3. The van der Waals surface area contributed by atoms with Gasteiger partial charge in [0, 0.05) is 89.1 Å². The normalized spacial score (nSPS) is 18.0. The smallest absolute Gasteiger partial charge is 0.262 e. The van der Waals surface area contributed by atoms with Crippen molar-refractivity contribution in [3.63, 3.8) is 0 Å². The molecule has 9 rings (SSSR count). The Kier molecular flexibility index (Phi) is 12.1. The number of hydrogen-bond acceptors (Lipinski definition) is 14. The molecule has 6 heterocycles. The Labute approximate surface area is 370 Å². The predicted octanol–water partition coefficient (Wildman–Crippen LogP) is 3.18. The number of carbonyl (C=O) groups is 5. The first-order valence-corrected chi connectivity index (χ1v) is 21.8. The zero-order valence-corrected chi connectivity index (χ0v) is 36.3. The minimum atomic E-state index is -1.00. The van der Waals surface area contributed by atoms with Crippen LogP contribution in [0.25, 0.3) is 11.0 Å². The molecular weight excluding hydrogens is 817 g/mol. The molecular formula is C46H52N12O6. The summed E-state index contributed by atoms with van der Waals surface area (Å²) in [4.78, 5) is 80.2. The Morgan fingerprint density at radius 1 is 0.859 bits per heavy atom. The summed E-state index contributed by atoms with van der Waals surface area (Å²) in [5.41, 5.74) is 8.84. The molecule has 64 heavy (non-hydrogen) atoms. The fourth-order valence-electron chi connectivity index (χ4n) is 8.97. The number of carbonyl (C=O) groups excluding carboxylic acids is 5. The number of nitrogens with zero attached hydrogens (tertiary/aromatic N) is 8. The fourth-order valence-corrected chi connectivity index (χ4v) is 8.97. The molecule has 0 radical (unpaired) electrons. The summed E-state index contributed by atoms with van der Waals surface area (Å²) in [6.45, 7) is 10.9. The number of aryl methyl sites for hydroxylation is 3. The zero-order chi connectivity index (χ0) is 44.5. The molecule has 3 aromatic carbocycles. The van der Waals surface area contributed by atoms with E-state index in [9.17, 15) is 24.0 Å². The van der Waals surface area contributed by atoms with Crippen LogP contribution in [0, 0.1) is 13.8 Å². The van der Waals surface area contributed by atoms with Gasteiger partial charge >= 0.3 is 0 Å². The third-order valence-electron chi connectivity index (χ3n) is 12.5. The minimum absolute atomic E-state index is 0.0649. The van der Waals surface area contributed by atoms with Gasteiger partial charge in [-0.3, -0.25) is 44.0 Å². The van der Waals surface area contributed by atoms with Gasteiger partial charge in [0.2, 0.25) is 23.7 Å². The molecule has 2 fully saturated rings. The first-order valence-electron chi connectivity index (χ1n) is 21.8. The number of aromatic nitrogens is 4. The molecule has 1 unspecified atom stereocenters. The minimum Gasteiger partial charge on any atom is -0.378 e. The van der Waals surface area contributed by atoms with Gasteiger partial charge in [-0.05, 0) is 79.3 Å². The van der Waals surface area contributed by atoms with Gasteiger partial charge in [0.15, 0.2) is 11.5 Å². The van der Waals surface area contributed by atoms with Crippen LogP contribution in [-0.4, -0.2) is 136 Å². The van der Waals surface area contributed by atoms with Crippen LogP contribution in [0.5, 0.6) is 0 Å². The second-order valence-corrected chi connectivity index (χ2v) is 16.8. The molecule has 2 saturated heterocycles. The lowest BCUT2D eigenvalue weighted by Gasteiger charge is -2.35. The maximum absolute atomic E-state index is 13.3. The van der Waals surface area contributed by atoms with Gasteiger partial charge in [0.25, 0.3) is 11.8 Å². The third-order valence-corrected chi connectivity index (χ3v) is 12.5. The highest BCUT2D eigenvalue weighted by Crippen LogP contribution is 2.32. The third kappa shape index (κ3) is 8.89. The molecule has 5 aromatic rings. The highest BCUT2D eigenvalue weighted by Gasteiger charge is 2.45. The lowest BCUT2D eigenvalue weighted by molar-refractivity contribution is -0.136. The van der Waals surface area contributed by atoms with Gasteiger partial charge in [-0.2, -0.15) is 10.1 Å². The van der Waals surface area contributed by atoms with Crippen molar-refractivity contribution in [3.05, 3.63) is 94.2 Å². The number of imide groups is 2. The Balaban J connectivity index is 0.682. The molecule has 2 aromatic heterocycles. The fraction of sp³-hybridized carbons (Fsp3) is 0.391. The summed E-state index contributed by atoms with van der Waals surface area (Å²) >= 11 is 0. The number of piperazine rings is 1. The Morgan fingerprint density at radius 2 is 1.66 bits per heavy atom. The summed E-state index contributed by atoms with van der Waals surface area (Å²) < 4.78 is 7.69. The second kappa shape index (κ2) is 18.1. The van der Waals surface area contributed by atoms with Crippen LogP contribution in [-0.2, 0) is 39.1 Å². The van der Waals surface area contributed by atoms with E-state index < -0.39 is 29.7 Å². The number of piperidine rings is 1. The number of para-hydroxylation sites is 1. The van der Waals surface area contributed by atoms with Crippen LogP contribution in [0.15, 0.2) is 60.8 Å². The Morgan fingerprint density at radius 3 is 2.45 bits per heavy atom. The largest absolute Gasteiger partial charge is 0.378 e. The van der Waals surface area contributed by atoms with Crippen molar-refractivity contribution in [1.82, 2.24) is 45.1 Å². The quantitative estimate of drug-likeness (QED) is 0.0938. The molecule has 1 atom stereocenters. The number of ether oxygens (including phenoxy) is 1. The van der Waals surface area contributed by atoms with Crippen molar-refractivity contribution in [2.45, 2.75) is 45.7 Å². The summed E-state index contributed by atoms with van der Waals surface area (Å²) in [6.07, 6.45) is 2.94. The van der Waals surface area contributed by atoms with E-state index in [1.54, 1.807) is 23.0 Å². The SMILES string of the molecule is Cc1cccc(C)c1Nc1nn(C)c2nc(Nc3ccc4c(c3)CN(CCOCCNC(=O)CN3CCN(c5ccc6c(c5)C(=O)N(C5CCC(=O)NC5=O)C6=O)CC3)CC4)ncc12. The first kappa shape index (κ1) is 42.5. The molecule has 0 spiro atoms. The average molecular weight is 869 g/mol. The molecule has 4 N–H and O–H groups in total. The number of rotatable bonds is 14. The number of hydrogen-bond donors (Lipinski definition) is 4. The lowest BCUT2D eigenvalue weighted by Crippen LogP contribution is -2.54. The van der Waals surface area contributed by atoms with Crippen LogP contribution in [0.2, 0.25) is 0 Å². The van der Waals surface area contributed by atoms with Crippen molar-refractivity contribution < 1.29 is 28.7 Å². The van der Waals surface area contributed by atoms with Gasteiger partial charge in [-0.1, -0.05) is 24.3 Å². The standard InChI is InChI=1S/C46H52N12O6/c1-28-5-4-6-29(2)40(28)51-41-36-25-48-46(52-42(36)54(3)53-41)49-32-8-7-30-13-15-55(26-31(30)23-32)20-22-64-21-14-47-39(60)27-56-16-18-57(19-17-56)33-9-10-34-35(24-33)45(63)58(44(34)62)37-11-12-38(59)50-43(37)61/h4-10,23-25,37H,11-22,26-27H2,1-3H3,(H,47,60)(H,51,53)(H,48,49,52)(H,50,59,61). The van der Waals surface area contributed by atoms with Crippen molar-refractivity contribution in [2.24, 2.45) is 7.05 Å². The van der Waals surface area contributed by atoms with Crippen LogP contribution in [0.4, 0.5) is 28.8 Å². The molecule has 332 valence electrons. The predicted molar refractivity (Wildman–Crippen MR) is 240 cm³/mol. The van der Waals surface area contributed by atoms with Gasteiger partial charge in [0.05, 0.1) is 36.3 Å². The highest BCUT2D eigenvalue weighted by atomic mass is 16.5. The molecule has 0 saturated carbocycles. The van der Waals surface area contributed by atoms with E-state index in [-0.39, 0.29) is 36.4 Å². The van der Waals surface area contributed by atoms with Crippen molar-refractivity contribution in [1.29, 1.82) is 0 Å². The summed E-state index contributed by atoms with van der Waals surface area (Å²) in [5.74, 6) is -0.942. The number of fused-ring (bicyclic) bond motifs is 3. The maximum Gasteiger partial charge on any atom is 0.262 e. The molecule has 5 amide bonds. The summed E-state index contributed by atoms with van der Waals surface area (Å²) in [5, 5.41) is 17.6. The molecule has 4 aliphatic rings. The van der Waals surface area contributed by atoms with E-state index in [1.165, 1.54) is 11.1 Å². The molecule has 18 heteroatoms. The van der Waals surface area contributed by atoms with E-state index in [4.69, 9.17) is 14.8 Å². The van der Waals surface area contributed by atoms with Crippen LogP contribution in [0.3, 0.4) is 0 Å². The monoisotopic (exact) mass is 868 g/mol. The average Bonchev–Trinajstić information content (AvgIpc) is 3.73. The van der Waals surface area contributed by atoms with Crippen molar-refractivity contribution >= 4 is 69.4 Å². The molecule has 18 nitrogen and oxygen atoms in total. The maximum atomic E-state index is 13.3. The van der Waals surface area contributed by atoms with Crippen LogP contribution >= 0.6 is 0 Å². The van der Waals surface area contributed by atoms with E-state index in [0.29, 0.717) is 57.7 Å². The summed E-state index contributed by atoms with van der Waals surface area (Å²) in [7, 11) is 1.88. The van der Waals surface area contributed by atoms with Crippen molar-refractivity contribution in [2.75, 3.05) is 81.1 Å². The molecule has 4 aliphatic heterocycles. The number of nitrogens with one attached hydrogen (secondary N) is 4. The van der Waals surface area contributed by atoms with Gasteiger partial charge in [0.1, 0.15) is 6.04 Å². The number of amides is 5. The summed E-state index contributed by atoms with van der Waals surface area (Å²) in [6, 6.07) is 16.7. The van der Waals surface area contributed by atoms with Crippen LogP contribution < -0.4 is 26.2 Å². The van der Waals surface area contributed by atoms with E-state index in [1.807, 2.05) is 19.2 Å². The second-order valence-electron chi connectivity index (χ2n) is 16.8. The van der Waals surface area contributed by atoms with E-state index in [0.717, 1.165) is 70.2 Å². The van der Waals surface area contributed by atoms with Gasteiger partial charge < -0.3 is 25.6 Å². The molecule has 0 aliphatic carbocycles. The molecule has 0 bridgehead atoms. The van der Waals surface area contributed by atoms with E-state index >= 15 is 0 Å². The zero-order valence-electron chi connectivity index (χ0n) is 36.3. The van der Waals surface area contributed by atoms with Crippen molar-refractivity contribution in [3.8, 4) is 0 Å². The van der Waals surface area contributed by atoms with Crippen LogP contribution in [0.1, 0.15) is 55.8 Å². The number of anilines is 5. The lowest BCUT2D eigenvalue weighted by atomic mass is 9.99. The van der Waals surface area contributed by atoms with Gasteiger partial charge in [-0.25, -0.2) is 9.67 Å². The highest BCUT2D eigenvalue weighted by molar-refractivity contribution is 6.23. The van der Waals surface area contributed by atoms with E-state index in [2.05, 4.69) is 85.1 Å². The first-order chi connectivity index (χ1) is 31.0. The Bertz CT molecular complexity index is 2640. The Hall–Kier alpha value is -6.76. The topological polar surface area (TPSA) is 199 Å². The van der Waals surface area contributed by atoms with Gasteiger partial charge in [-0.15, -0.1) is 0 Å².